The van der Waals surface area contributed by atoms with Crippen LogP contribution in [0.3, 0.4) is 0 Å². The monoisotopic (exact) mass is 295 g/mol. The Labute approximate surface area is 122 Å². The predicted octanol–water partition coefficient (Wildman–Crippen LogP) is 3.56. The Morgan fingerprint density at radius 3 is 2.89 bits per heavy atom. The maximum Gasteiger partial charge on any atom is 0.110 e. The van der Waals surface area contributed by atoms with Gasteiger partial charge < -0.3 is 10.3 Å². The van der Waals surface area contributed by atoms with Gasteiger partial charge in [0.1, 0.15) is 5.82 Å². The predicted molar refractivity (Wildman–Crippen MR) is 77.7 cm³/mol. The number of nitrogens with one attached hydrogen (secondary N) is 2. The molecule has 3 nitrogen and oxygen atoms in total. The van der Waals surface area contributed by atoms with Crippen molar-refractivity contribution >= 4 is 23.2 Å². The molecular weight excluding hydrogens is 281 g/mol. The van der Waals surface area contributed by atoms with Gasteiger partial charge >= 0.3 is 0 Å². The van der Waals surface area contributed by atoms with Crippen molar-refractivity contribution in [2.24, 2.45) is 0 Å². The first-order valence-electron chi connectivity index (χ1n) is 6.41. The van der Waals surface area contributed by atoms with E-state index < -0.39 is 0 Å². The van der Waals surface area contributed by atoms with Gasteiger partial charge in [0.2, 0.25) is 0 Å². The minimum Gasteiger partial charge on any atom is -0.345 e. The zero-order chi connectivity index (χ0) is 13.2. The molecule has 0 saturated heterocycles. The van der Waals surface area contributed by atoms with Crippen LogP contribution in [0.4, 0.5) is 0 Å². The van der Waals surface area contributed by atoms with Gasteiger partial charge in [0.05, 0.1) is 0 Å². The molecule has 1 fully saturated rings. The number of hydrogen-bond acceptors (Lipinski definition) is 2. The number of aromatic amines is 1. The first-order chi connectivity index (χ1) is 9.20. The molecule has 1 saturated carbocycles. The van der Waals surface area contributed by atoms with Crippen molar-refractivity contribution in [3.05, 3.63) is 51.5 Å². The minimum atomic E-state index is 0.655. The van der Waals surface area contributed by atoms with E-state index in [0.29, 0.717) is 22.5 Å². The first kappa shape index (κ1) is 13.0. The van der Waals surface area contributed by atoms with Crippen LogP contribution in [-0.2, 0) is 13.0 Å². The quantitative estimate of drug-likeness (QED) is 0.885. The van der Waals surface area contributed by atoms with Gasteiger partial charge in [-0.15, -0.1) is 0 Å². The van der Waals surface area contributed by atoms with Gasteiger partial charge in [0, 0.05) is 40.9 Å². The van der Waals surface area contributed by atoms with E-state index in [2.05, 4.69) is 15.3 Å². The fourth-order valence-corrected chi connectivity index (χ4v) is 2.45. The van der Waals surface area contributed by atoms with Crippen LogP contribution in [0.2, 0.25) is 10.0 Å². The zero-order valence-electron chi connectivity index (χ0n) is 10.4. The Balaban J connectivity index is 1.65. The number of hydrogen-bond donors (Lipinski definition) is 2. The normalized spacial score (nSPS) is 14.8. The first-order valence-corrected chi connectivity index (χ1v) is 7.16. The van der Waals surface area contributed by atoms with E-state index in [0.717, 1.165) is 23.6 Å². The van der Waals surface area contributed by atoms with Crippen molar-refractivity contribution < 1.29 is 0 Å². The summed E-state index contributed by atoms with van der Waals surface area (Å²) in [6, 6.07) is 6.26. The summed E-state index contributed by atoms with van der Waals surface area (Å²) in [7, 11) is 0. The van der Waals surface area contributed by atoms with Crippen LogP contribution in [0.15, 0.2) is 24.4 Å². The zero-order valence-corrected chi connectivity index (χ0v) is 11.9. The maximum absolute atomic E-state index is 6.16. The molecule has 2 aromatic rings. The van der Waals surface area contributed by atoms with Gasteiger partial charge in [0.15, 0.2) is 0 Å². The van der Waals surface area contributed by atoms with Crippen molar-refractivity contribution in [3.63, 3.8) is 0 Å². The molecule has 5 heteroatoms. The van der Waals surface area contributed by atoms with Crippen molar-refractivity contribution in [3.8, 4) is 0 Å². The second kappa shape index (κ2) is 5.53. The number of H-pyrrole nitrogens is 1. The smallest absolute Gasteiger partial charge is 0.110 e. The number of nitrogens with zero attached hydrogens (tertiary/aromatic N) is 1. The minimum absolute atomic E-state index is 0.655. The topological polar surface area (TPSA) is 40.7 Å². The van der Waals surface area contributed by atoms with Gasteiger partial charge in [-0.1, -0.05) is 29.3 Å². The van der Waals surface area contributed by atoms with Crippen LogP contribution in [0.1, 0.15) is 29.9 Å². The number of halogens is 2. The van der Waals surface area contributed by atoms with Gasteiger partial charge in [-0.05, 0) is 30.5 Å². The number of benzene rings is 1. The number of rotatable bonds is 5. The Morgan fingerprint density at radius 2 is 2.16 bits per heavy atom. The van der Waals surface area contributed by atoms with Gasteiger partial charge in [-0.3, -0.25) is 0 Å². The van der Waals surface area contributed by atoms with E-state index in [-0.39, 0.29) is 0 Å². The van der Waals surface area contributed by atoms with E-state index in [4.69, 9.17) is 23.2 Å². The maximum atomic E-state index is 6.16. The number of imidazole rings is 1. The van der Waals surface area contributed by atoms with Crippen LogP contribution in [-0.4, -0.2) is 16.0 Å². The lowest BCUT2D eigenvalue weighted by Crippen LogP contribution is -2.15. The van der Waals surface area contributed by atoms with Crippen LogP contribution in [0, 0.1) is 0 Å². The molecule has 1 aliphatic rings. The molecule has 1 aliphatic carbocycles. The molecule has 0 unspecified atom stereocenters. The summed E-state index contributed by atoms with van der Waals surface area (Å²) in [4.78, 5) is 7.71. The molecule has 0 spiro atoms. The summed E-state index contributed by atoms with van der Waals surface area (Å²) in [5.74, 6) is 0.928. The van der Waals surface area contributed by atoms with E-state index in [1.807, 2.05) is 18.3 Å². The molecule has 2 N–H and O–H groups in total. The molecular formula is C14H15Cl2N3. The molecule has 0 bridgehead atoms. The largest absolute Gasteiger partial charge is 0.345 e. The van der Waals surface area contributed by atoms with E-state index >= 15 is 0 Å². The third kappa shape index (κ3) is 3.50. The highest BCUT2D eigenvalue weighted by Gasteiger charge is 2.20. The Bertz CT molecular complexity index is 576. The molecule has 0 radical (unpaired) electrons. The fourth-order valence-electron chi connectivity index (χ4n) is 1.97. The molecule has 1 aromatic carbocycles. The summed E-state index contributed by atoms with van der Waals surface area (Å²) < 4.78 is 0. The van der Waals surface area contributed by atoms with Crippen LogP contribution in [0.25, 0.3) is 0 Å². The highest BCUT2D eigenvalue weighted by atomic mass is 35.5. The Kier molecular flexibility index (Phi) is 3.78. The second-order valence-electron chi connectivity index (χ2n) is 4.92. The third-order valence-electron chi connectivity index (χ3n) is 3.21. The van der Waals surface area contributed by atoms with Gasteiger partial charge in [-0.25, -0.2) is 4.98 Å². The Hall–Kier alpha value is -1.03. The summed E-state index contributed by atoms with van der Waals surface area (Å²) in [5.41, 5.74) is 2.15. The van der Waals surface area contributed by atoms with Gasteiger partial charge in [-0.2, -0.15) is 0 Å². The molecule has 1 aromatic heterocycles. The highest BCUT2D eigenvalue weighted by Crippen LogP contribution is 2.23. The average Bonchev–Trinajstić information content (AvgIpc) is 3.10. The second-order valence-corrected chi connectivity index (χ2v) is 5.77. The molecule has 19 heavy (non-hydrogen) atoms. The van der Waals surface area contributed by atoms with Crippen LogP contribution in [0.5, 0.6) is 0 Å². The average molecular weight is 296 g/mol. The lowest BCUT2D eigenvalue weighted by molar-refractivity contribution is 0.676. The SMILES string of the molecule is Clc1ccc(Cc2ncc(CNC3CC3)[nH]2)c(Cl)c1. The van der Waals surface area contributed by atoms with Crippen LogP contribution >= 0.6 is 23.2 Å². The molecule has 100 valence electrons. The lowest BCUT2D eigenvalue weighted by atomic mass is 10.1. The van der Waals surface area contributed by atoms with E-state index in [1.165, 1.54) is 12.8 Å². The number of aromatic nitrogens is 2. The standard InChI is InChI=1S/C14H15Cl2N3/c15-10-2-1-9(13(16)6-10)5-14-18-8-12(19-14)7-17-11-3-4-11/h1-2,6,8,11,17H,3-5,7H2,(H,18,19). The van der Waals surface area contributed by atoms with Crippen molar-refractivity contribution in [1.82, 2.24) is 15.3 Å². The molecule has 3 rings (SSSR count). The van der Waals surface area contributed by atoms with Crippen LogP contribution < -0.4 is 5.32 Å². The van der Waals surface area contributed by atoms with Crippen molar-refractivity contribution in [1.29, 1.82) is 0 Å². The molecule has 1 heterocycles. The lowest BCUT2D eigenvalue weighted by Gasteiger charge is -2.03. The summed E-state index contributed by atoms with van der Waals surface area (Å²) in [5, 5.41) is 4.79. The molecule has 0 amide bonds. The van der Waals surface area contributed by atoms with Gasteiger partial charge in [0.25, 0.3) is 0 Å². The summed E-state index contributed by atoms with van der Waals surface area (Å²) >= 11 is 12.0. The molecule has 0 aliphatic heterocycles. The van der Waals surface area contributed by atoms with E-state index in [9.17, 15) is 0 Å². The third-order valence-corrected chi connectivity index (χ3v) is 3.80. The fraction of sp³-hybridized carbons (Fsp3) is 0.357. The highest BCUT2D eigenvalue weighted by molar-refractivity contribution is 6.35. The van der Waals surface area contributed by atoms with Crippen molar-refractivity contribution in [2.45, 2.75) is 31.8 Å². The summed E-state index contributed by atoms with van der Waals surface area (Å²) in [6.07, 6.45) is 5.16. The summed E-state index contributed by atoms with van der Waals surface area (Å²) in [6.45, 7) is 0.853. The molecule has 0 atom stereocenters. The van der Waals surface area contributed by atoms with E-state index in [1.54, 1.807) is 6.07 Å². The Morgan fingerprint density at radius 1 is 1.32 bits per heavy atom. The van der Waals surface area contributed by atoms with Crippen molar-refractivity contribution in [2.75, 3.05) is 0 Å².